The molecular formula is C18H21FN6. The Bertz CT molecular complexity index is 970. The Morgan fingerprint density at radius 3 is 2.84 bits per heavy atom. The van der Waals surface area contributed by atoms with Crippen LogP contribution in [0.3, 0.4) is 0 Å². The van der Waals surface area contributed by atoms with Gasteiger partial charge in [-0.2, -0.15) is 0 Å². The SMILES string of the molecule is CC(=NCCF)C(=Nc1ccc2c3cnccc3n(C)c2n1)C(C)N. The van der Waals surface area contributed by atoms with Gasteiger partial charge in [-0.05, 0) is 32.0 Å². The highest BCUT2D eigenvalue weighted by Crippen LogP contribution is 2.27. The summed E-state index contributed by atoms with van der Waals surface area (Å²) in [6.45, 7) is 3.23. The lowest BCUT2D eigenvalue weighted by Gasteiger charge is -2.10. The minimum absolute atomic E-state index is 0.111. The van der Waals surface area contributed by atoms with E-state index in [2.05, 4.69) is 20.0 Å². The molecule has 2 N–H and O–H groups in total. The topological polar surface area (TPSA) is 81.5 Å². The number of aliphatic imine (C=N–C) groups is 2. The van der Waals surface area contributed by atoms with Gasteiger partial charge in [-0.25, -0.2) is 14.4 Å². The second-order valence-corrected chi connectivity index (χ2v) is 5.93. The lowest BCUT2D eigenvalue weighted by atomic mass is 10.1. The zero-order valence-electron chi connectivity index (χ0n) is 14.6. The van der Waals surface area contributed by atoms with Crippen LogP contribution in [-0.4, -0.2) is 45.2 Å². The number of hydrogen-bond acceptors (Lipinski definition) is 5. The molecule has 1 atom stereocenters. The average molecular weight is 340 g/mol. The van der Waals surface area contributed by atoms with E-state index in [4.69, 9.17) is 5.73 Å². The Hall–Kier alpha value is -2.67. The fraction of sp³-hybridized carbons (Fsp3) is 0.333. The Kier molecular flexibility index (Phi) is 4.85. The molecule has 0 aliphatic heterocycles. The van der Waals surface area contributed by atoms with E-state index < -0.39 is 6.67 Å². The third-order valence-corrected chi connectivity index (χ3v) is 4.10. The first-order valence-corrected chi connectivity index (χ1v) is 8.13. The van der Waals surface area contributed by atoms with Gasteiger partial charge >= 0.3 is 0 Å². The molecule has 0 aliphatic rings. The molecule has 1 unspecified atom stereocenters. The number of aryl methyl sites for hydroxylation is 1. The first-order chi connectivity index (χ1) is 12.0. The molecule has 0 radical (unpaired) electrons. The second kappa shape index (κ2) is 7.06. The highest BCUT2D eigenvalue weighted by molar-refractivity contribution is 6.43. The van der Waals surface area contributed by atoms with Crippen molar-refractivity contribution in [2.45, 2.75) is 19.9 Å². The largest absolute Gasteiger partial charge is 0.328 e. The maximum atomic E-state index is 12.4. The normalized spacial score (nSPS) is 14.4. The molecule has 3 aromatic rings. The third kappa shape index (κ3) is 3.28. The molecule has 3 heterocycles. The summed E-state index contributed by atoms with van der Waals surface area (Å²) in [5, 5.41) is 2.07. The van der Waals surface area contributed by atoms with Gasteiger partial charge < -0.3 is 10.3 Å². The van der Waals surface area contributed by atoms with E-state index in [1.54, 1.807) is 13.1 Å². The monoisotopic (exact) mass is 340 g/mol. The number of pyridine rings is 2. The van der Waals surface area contributed by atoms with E-state index in [1.165, 1.54) is 0 Å². The summed E-state index contributed by atoms with van der Waals surface area (Å²) < 4.78 is 14.4. The molecular weight excluding hydrogens is 319 g/mol. The van der Waals surface area contributed by atoms with Crippen molar-refractivity contribution in [2.24, 2.45) is 22.8 Å². The summed E-state index contributed by atoms with van der Waals surface area (Å²) in [6.07, 6.45) is 3.60. The van der Waals surface area contributed by atoms with Gasteiger partial charge in [0.25, 0.3) is 0 Å². The van der Waals surface area contributed by atoms with Crippen LogP contribution in [-0.2, 0) is 7.05 Å². The highest BCUT2D eigenvalue weighted by atomic mass is 19.1. The number of halogens is 1. The van der Waals surface area contributed by atoms with E-state index in [0.29, 0.717) is 17.2 Å². The predicted octanol–water partition coefficient (Wildman–Crippen LogP) is 2.97. The van der Waals surface area contributed by atoms with Crippen molar-refractivity contribution in [1.29, 1.82) is 0 Å². The number of fused-ring (bicyclic) bond motifs is 3. The van der Waals surface area contributed by atoms with Crippen molar-refractivity contribution in [3.63, 3.8) is 0 Å². The number of nitrogens with zero attached hydrogens (tertiary/aromatic N) is 5. The zero-order chi connectivity index (χ0) is 18.0. The Balaban J connectivity index is 2.12. The molecule has 7 heteroatoms. The summed E-state index contributed by atoms with van der Waals surface area (Å²) in [4.78, 5) is 17.6. The fourth-order valence-corrected chi connectivity index (χ4v) is 2.89. The molecule has 3 rings (SSSR count). The van der Waals surface area contributed by atoms with Crippen LogP contribution >= 0.6 is 0 Å². The van der Waals surface area contributed by atoms with Crippen LogP contribution < -0.4 is 5.73 Å². The van der Waals surface area contributed by atoms with Gasteiger partial charge in [0.05, 0.1) is 23.5 Å². The quantitative estimate of drug-likeness (QED) is 0.725. The molecule has 130 valence electrons. The van der Waals surface area contributed by atoms with Crippen molar-refractivity contribution >= 4 is 39.2 Å². The molecule has 0 aromatic carbocycles. The highest BCUT2D eigenvalue weighted by Gasteiger charge is 2.13. The van der Waals surface area contributed by atoms with E-state index in [9.17, 15) is 4.39 Å². The van der Waals surface area contributed by atoms with Crippen LogP contribution in [0.4, 0.5) is 10.2 Å². The van der Waals surface area contributed by atoms with Crippen LogP contribution in [0.15, 0.2) is 40.6 Å². The molecule has 0 saturated heterocycles. The summed E-state index contributed by atoms with van der Waals surface area (Å²) in [5.41, 5.74) is 9.15. The van der Waals surface area contributed by atoms with Crippen LogP contribution in [0.5, 0.6) is 0 Å². The van der Waals surface area contributed by atoms with Gasteiger partial charge in [0.1, 0.15) is 12.3 Å². The molecule has 25 heavy (non-hydrogen) atoms. The van der Waals surface area contributed by atoms with Gasteiger partial charge in [0.15, 0.2) is 5.82 Å². The summed E-state index contributed by atoms with van der Waals surface area (Å²) in [6, 6.07) is 5.47. The maximum Gasteiger partial charge on any atom is 0.154 e. The molecule has 0 fully saturated rings. The Morgan fingerprint density at radius 1 is 1.32 bits per heavy atom. The maximum absolute atomic E-state index is 12.4. The van der Waals surface area contributed by atoms with Crippen molar-refractivity contribution in [3.8, 4) is 0 Å². The molecule has 6 nitrogen and oxygen atoms in total. The molecule has 3 aromatic heterocycles. The Morgan fingerprint density at radius 2 is 2.12 bits per heavy atom. The van der Waals surface area contributed by atoms with E-state index in [-0.39, 0.29) is 12.6 Å². The van der Waals surface area contributed by atoms with Gasteiger partial charge in [-0.3, -0.25) is 9.98 Å². The minimum Gasteiger partial charge on any atom is -0.328 e. The third-order valence-electron chi connectivity index (χ3n) is 4.10. The fourth-order valence-electron chi connectivity index (χ4n) is 2.89. The average Bonchev–Trinajstić information content (AvgIpc) is 2.90. The summed E-state index contributed by atoms with van der Waals surface area (Å²) in [7, 11) is 1.96. The van der Waals surface area contributed by atoms with E-state index in [1.807, 2.05) is 42.9 Å². The van der Waals surface area contributed by atoms with Gasteiger partial charge in [-0.15, -0.1) is 0 Å². The lowest BCUT2D eigenvalue weighted by molar-refractivity contribution is 0.505. The molecule has 0 saturated carbocycles. The summed E-state index contributed by atoms with van der Waals surface area (Å²) in [5.74, 6) is 0.550. The van der Waals surface area contributed by atoms with E-state index in [0.717, 1.165) is 21.9 Å². The first-order valence-electron chi connectivity index (χ1n) is 8.13. The number of rotatable bonds is 5. The van der Waals surface area contributed by atoms with Crippen LogP contribution in [0.2, 0.25) is 0 Å². The van der Waals surface area contributed by atoms with Crippen LogP contribution in [0, 0.1) is 0 Å². The standard InChI is InChI=1S/C18H21FN6/c1-11(20)17(12(2)22-9-7-19)23-16-5-4-13-14-10-21-8-6-15(14)25(3)18(13)24-16/h4-6,8,10-11H,7,9,20H2,1-3H3. The van der Waals surface area contributed by atoms with Gasteiger partial charge in [-0.1, -0.05) is 0 Å². The van der Waals surface area contributed by atoms with Crippen molar-refractivity contribution in [3.05, 3.63) is 30.6 Å². The lowest BCUT2D eigenvalue weighted by Crippen LogP contribution is -2.32. The van der Waals surface area contributed by atoms with E-state index >= 15 is 0 Å². The number of hydrogen-bond donors (Lipinski definition) is 1. The van der Waals surface area contributed by atoms with Crippen molar-refractivity contribution in [1.82, 2.24) is 14.5 Å². The molecule has 0 aliphatic carbocycles. The number of alkyl halides is 1. The second-order valence-electron chi connectivity index (χ2n) is 5.93. The van der Waals surface area contributed by atoms with Crippen molar-refractivity contribution < 1.29 is 4.39 Å². The molecule has 0 amide bonds. The van der Waals surface area contributed by atoms with Crippen molar-refractivity contribution in [2.75, 3.05) is 13.2 Å². The molecule has 0 spiro atoms. The predicted molar refractivity (Wildman–Crippen MR) is 101 cm³/mol. The minimum atomic E-state index is -0.502. The zero-order valence-corrected chi connectivity index (χ0v) is 14.6. The Labute approximate surface area is 145 Å². The summed E-state index contributed by atoms with van der Waals surface area (Å²) >= 11 is 0. The smallest absolute Gasteiger partial charge is 0.154 e. The number of nitrogens with two attached hydrogens (primary N) is 1. The molecule has 0 bridgehead atoms. The van der Waals surface area contributed by atoms with Crippen LogP contribution in [0.1, 0.15) is 13.8 Å². The van der Waals surface area contributed by atoms with Gasteiger partial charge in [0.2, 0.25) is 0 Å². The first kappa shape index (κ1) is 17.2. The van der Waals surface area contributed by atoms with Crippen LogP contribution in [0.25, 0.3) is 21.9 Å². The van der Waals surface area contributed by atoms with Gasteiger partial charge in [0, 0.05) is 36.3 Å². The number of aromatic nitrogens is 3.